The molecule has 0 radical (unpaired) electrons. The van der Waals surface area contributed by atoms with Gasteiger partial charge in [-0.2, -0.15) is 0 Å². The molecule has 0 N–H and O–H groups in total. The summed E-state index contributed by atoms with van der Waals surface area (Å²) in [6.07, 6.45) is 4.37. The predicted octanol–water partition coefficient (Wildman–Crippen LogP) is 4.54. The summed E-state index contributed by atoms with van der Waals surface area (Å²) < 4.78 is 6.66. The predicted molar refractivity (Wildman–Crippen MR) is 78.1 cm³/mol. The Labute approximate surface area is 120 Å². The highest BCUT2D eigenvalue weighted by molar-refractivity contribution is 9.10. The van der Waals surface area contributed by atoms with E-state index in [2.05, 4.69) is 28.1 Å². The second kappa shape index (κ2) is 5.17. The van der Waals surface area contributed by atoms with Crippen molar-refractivity contribution in [3.05, 3.63) is 57.6 Å². The minimum atomic E-state index is 0.633. The van der Waals surface area contributed by atoms with E-state index in [4.69, 9.17) is 4.74 Å². The molecule has 2 aromatic carbocycles. The highest BCUT2D eigenvalue weighted by Gasteiger charge is 2.12. The molecule has 0 fully saturated rings. The molecule has 3 rings (SSSR count). The molecule has 0 amide bonds. The summed E-state index contributed by atoms with van der Waals surface area (Å²) in [4.78, 5) is 10.7. The van der Waals surface area contributed by atoms with Gasteiger partial charge < -0.3 is 4.74 Å². The normalized spacial score (nSPS) is 13.1. The van der Waals surface area contributed by atoms with E-state index in [1.807, 2.05) is 6.07 Å². The van der Waals surface area contributed by atoms with Crippen LogP contribution in [-0.2, 0) is 12.8 Å². The Balaban J connectivity index is 1.87. The Morgan fingerprint density at radius 3 is 2.68 bits per heavy atom. The van der Waals surface area contributed by atoms with Gasteiger partial charge in [-0.25, -0.2) is 0 Å². The van der Waals surface area contributed by atoms with Gasteiger partial charge >= 0.3 is 0 Å². The Kier molecular flexibility index (Phi) is 3.38. The van der Waals surface area contributed by atoms with Crippen LogP contribution in [0.15, 0.2) is 40.9 Å². The molecule has 2 nitrogen and oxygen atoms in total. The number of carbonyl (C=O) groups excluding carboxylic acids is 1. The van der Waals surface area contributed by atoms with Crippen LogP contribution < -0.4 is 4.74 Å². The van der Waals surface area contributed by atoms with E-state index in [9.17, 15) is 4.79 Å². The third kappa shape index (κ3) is 2.56. The summed E-state index contributed by atoms with van der Waals surface area (Å²) >= 11 is 3.42. The maximum Gasteiger partial charge on any atom is 0.150 e. The number of aldehydes is 1. The number of rotatable bonds is 3. The fourth-order valence-corrected chi connectivity index (χ4v) is 2.89. The van der Waals surface area contributed by atoms with Gasteiger partial charge in [0.05, 0.1) is 4.47 Å². The second-order valence-corrected chi connectivity index (χ2v) is 5.55. The van der Waals surface area contributed by atoms with Crippen LogP contribution in [0.3, 0.4) is 0 Å². The van der Waals surface area contributed by atoms with E-state index < -0.39 is 0 Å². The molecule has 0 saturated carbocycles. The summed E-state index contributed by atoms with van der Waals surface area (Å²) in [7, 11) is 0. The van der Waals surface area contributed by atoms with E-state index in [0.717, 1.165) is 28.7 Å². The lowest BCUT2D eigenvalue weighted by Gasteiger charge is -2.09. The van der Waals surface area contributed by atoms with Crippen LogP contribution in [0.25, 0.3) is 0 Å². The summed E-state index contributed by atoms with van der Waals surface area (Å²) in [5.41, 5.74) is 3.45. The Morgan fingerprint density at radius 2 is 1.89 bits per heavy atom. The third-order valence-electron chi connectivity index (χ3n) is 3.39. The first-order valence-electron chi connectivity index (χ1n) is 6.30. The zero-order chi connectivity index (χ0) is 13.2. The van der Waals surface area contributed by atoms with Crippen LogP contribution >= 0.6 is 15.9 Å². The molecule has 3 heteroatoms. The smallest absolute Gasteiger partial charge is 0.150 e. The maximum atomic E-state index is 10.7. The van der Waals surface area contributed by atoms with Crippen LogP contribution in [-0.4, -0.2) is 6.29 Å². The fourth-order valence-electron chi connectivity index (χ4n) is 2.41. The van der Waals surface area contributed by atoms with Crippen molar-refractivity contribution in [2.75, 3.05) is 0 Å². The topological polar surface area (TPSA) is 26.3 Å². The molecule has 0 heterocycles. The zero-order valence-corrected chi connectivity index (χ0v) is 11.9. The highest BCUT2D eigenvalue weighted by atomic mass is 79.9. The molecule has 0 bridgehead atoms. The van der Waals surface area contributed by atoms with Crippen molar-refractivity contribution in [2.24, 2.45) is 0 Å². The third-order valence-corrected chi connectivity index (χ3v) is 4.01. The van der Waals surface area contributed by atoms with Crippen molar-refractivity contribution in [3.8, 4) is 11.5 Å². The summed E-state index contributed by atoms with van der Waals surface area (Å²) in [5, 5.41) is 0. The van der Waals surface area contributed by atoms with Gasteiger partial charge in [0.25, 0.3) is 0 Å². The average Bonchev–Trinajstić information content (AvgIpc) is 2.88. The molecule has 0 spiro atoms. The Morgan fingerprint density at radius 1 is 1.05 bits per heavy atom. The summed E-state index contributed by atoms with van der Waals surface area (Å²) in [5.74, 6) is 1.57. The SMILES string of the molecule is O=Cc1ccc(Oc2ccc3c(c2)CCC3)c(Br)c1. The molecule has 0 atom stereocenters. The molecule has 1 aliphatic carbocycles. The Bertz CT molecular complexity index is 635. The van der Waals surface area contributed by atoms with E-state index in [1.54, 1.807) is 18.2 Å². The first kappa shape index (κ1) is 12.4. The van der Waals surface area contributed by atoms with E-state index in [0.29, 0.717) is 5.56 Å². The summed E-state index contributed by atoms with van der Waals surface area (Å²) in [6, 6.07) is 11.6. The van der Waals surface area contributed by atoms with Gasteiger partial charge in [0.2, 0.25) is 0 Å². The van der Waals surface area contributed by atoms with Crippen LogP contribution in [0.2, 0.25) is 0 Å². The van der Waals surface area contributed by atoms with Crippen molar-refractivity contribution >= 4 is 22.2 Å². The number of hydrogen-bond donors (Lipinski definition) is 0. The molecular formula is C16H13BrO2. The average molecular weight is 317 g/mol. The quantitative estimate of drug-likeness (QED) is 0.777. The molecule has 0 aromatic heterocycles. The van der Waals surface area contributed by atoms with Crippen LogP contribution in [0.1, 0.15) is 27.9 Å². The highest BCUT2D eigenvalue weighted by Crippen LogP contribution is 2.32. The molecular weight excluding hydrogens is 304 g/mol. The van der Waals surface area contributed by atoms with Gasteiger partial charge in [-0.15, -0.1) is 0 Å². The molecule has 1 aliphatic rings. The number of aryl methyl sites for hydroxylation is 2. The van der Waals surface area contributed by atoms with Crippen LogP contribution in [0, 0.1) is 0 Å². The lowest BCUT2D eigenvalue weighted by Crippen LogP contribution is -1.89. The van der Waals surface area contributed by atoms with E-state index in [-0.39, 0.29) is 0 Å². The minimum absolute atomic E-state index is 0.633. The molecule has 0 unspecified atom stereocenters. The number of halogens is 1. The van der Waals surface area contributed by atoms with Gasteiger partial charge in [-0.05, 0) is 76.7 Å². The van der Waals surface area contributed by atoms with E-state index >= 15 is 0 Å². The van der Waals surface area contributed by atoms with Gasteiger partial charge in [0.1, 0.15) is 17.8 Å². The zero-order valence-electron chi connectivity index (χ0n) is 10.4. The van der Waals surface area contributed by atoms with Crippen molar-refractivity contribution in [1.82, 2.24) is 0 Å². The monoisotopic (exact) mass is 316 g/mol. The largest absolute Gasteiger partial charge is 0.456 e. The number of hydrogen-bond acceptors (Lipinski definition) is 2. The number of fused-ring (bicyclic) bond motifs is 1. The number of benzene rings is 2. The first-order valence-corrected chi connectivity index (χ1v) is 7.10. The van der Waals surface area contributed by atoms with Crippen molar-refractivity contribution in [3.63, 3.8) is 0 Å². The van der Waals surface area contributed by atoms with Crippen molar-refractivity contribution in [2.45, 2.75) is 19.3 Å². The van der Waals surface area contributed by atoms with Gasteiger partial charge in [-0.1, -0.05) is 6.07 Å². The minimum Gasteiger partial charge on any atom is -0.456 e. The summed E-state index contributed by atoms with van der Waals surface area (Å²) in [6.45, 7) is 0. The number of carbonyl (C=O) groups is 1. The second-order valence-electron chi connectivity index (χ2n) is 4.69. The number of ether oxygens (including phenoxy) is 1. The van der Waals surface area contributed by atoms with Gasteiger partial charge in [-0.3, -0.25) is 4.79 Å². The van der Waals surface area contributed by atoms with Crippen molar-refractivity contribution in [1.29, 1.82) is 0 Å². The van der Waals surface area contributed by atoms with Crippen LogP contribution in [0.5, 0.6) is 11.5 Å². The molecule has 2 aromatic rings. The molecule has 96 valence electrons. The van der Waals surface area contributed by atoms with E-state index in [1.165, 1.54) is 24.0 Å². The van der Waals surface area contributed by atoms with Crippen LogP contribution in [0.4, 0.5) is 0 Å². The Hall–Kier alpha value is -1.61. The van der Waals surface area contributed by atoms with Gasteiger partial charge in [0, 0.05) is 5.56 Å². The van der Waals surface area contributed by atoms with Crippen molar-refractivity contribution < 1.29 is 9.53 Å². The molecule has 0 aliphatic heterocycles. The van der Waals surface area contributed by atoms with Gasteiger partial charge in [0.15, 0.2) is 0 Å². The molecule has 0 saturated heterocycles. The first-order chi connectivity index (χ1) is 9.26. The lowest BCUT2D eigenvalue weighted by atomic mass is 10.1. The fraction of sp³-hybridized carbons (Fsp3) is 0.188. The standard InChI is InChI=1S/C16H13BrO2/c17-15-8-11(10-18)4-7-16(15)19-14-6-5-12-2-1-3-13(12)9-14/h4-10H,1-3H2. The molecule has 19 heavy (non-hydrogen) atoms. The maximum absolute atomic E-state index is 10.7. The lowest BCUT2D eigenvalue weighted by molar-refractivity contribution is 0.112.